The fraction of sp³-hybridized carbons (Fsp3) is 0.261. The number of fused-ring (bicyclic) bond motifs is 2. The number of nitrogens with zero attached hydrogens (tertiary/aromatic N) is 3. The summed E-state index contributed by atoms with van der Waals surface area (Å²) in [6.07, 6.45) is 0.562. The van der Waals surface area contributed by atoms with E-state index in [1.54, 1.807) is 18.2 Å². The van der Waals surface area contributed by atoms with Gasteiger partial charge in [0.25, 0.3) is 5.91 Å². The van der Waals surface area contributed by atoms with Gasteiger partial charge in [-0.05, 0) is 38.4 Å². The number of benzene rings is 2. The minimum absolute atomic E-state index is 0.00908. The largest absolute Gasteiger partial charge is 0.422 e. The highest BCUT2D eigenvalue weighted by molar-refractivity contribution is 5.96. The van der Waals surface area contributed by atoms with Gasteiger partial charge in [0.1, 0.15) is 17.0 Å². The van der Waals surface area contributed by atoms with Gasteiger partial charge in [0.05, 0.1) is 11.0 Å². The molecule has 2 aromatic carbocycles. The topological polar surface area (TPSA) is 80.4 Å². The van der Waals surface area contributed by atoms with E-state index in [0.717, 1.165) is 29.9 Å². The van der Waals surface area contributed by atoms with Crippen molar-refractivity contribution in [2.45, 2.75) is 13.0 Å². The molecule has 0 aliphatic heterocycles. The van der Waals surface area contributed by atoms with Gasteiger partial charge in [0.15, 0.2) is 0 Å². The maximum atomic E-state index is 12.6. The number of rotatable bonds is 7. The second-order valence-corrected chi connectivity index (χ2v) is 7.46. The third-order valence-electron chi connectivity index (χ3n) is 5.02. The molecule has 0 fully saturated rings. The van der Waals surface area contributed by atoms with Crippen LogP contribution in [0, 0.1) is 0 Å². The van der Waals surface area contributed by atoms with E-state index < -0.39 is 11.5 Å². The number of likely N-dealkylation sites (N-methyl/N-ethyl adjacent to an activating group) is 1. The number of hydrogen-bond acceptors (Lipinski definition) is 5. The minimum Gasteiger partial charge on any atom is -0.422 e. The predicted molar refractivity (Wildman–Crippen MR) is 117 cm³/mol. The monoisotopic (exact) mass is 404 g/mol. The zero-order valence-electron chi connectivity index (χ0n) is 17.1. The van der Waals surface area contributed by atoms with Crippen LogP contribution in [0.25, 0.3) is 22.0 Å². The first-order valence-electron chi connectivity index (χ1n) is 9.93. The van der Waals surface area contributed by atoms with Crippen LogP contribution in [0.15, 0.2) is 63.8 Å². The van der Waals surface area contributed by atoms with Gasteiger partial charge in [-0.1, -0.05) is 30.3 Å². The van der Waals surface area contributed by atoms with Crippen LogP contribution in [0.3, 0.4) is 0 Å². The molecule has 30 heavy (non-hydrogen) atoms. The standard InChI is InChI=1S/C23H24N4O3/c1-26(2)13-14-27-19-9-5-4-8-18(19)25-21(27)11-12-24-22(28)17-15-16-7-3-6-10-20(16)30-23(17)29/h3-10,15H,11-14H2,1-2H3,(H,24,28). The van der Waals surface area contributed by atoms with E-state index in [9.17, 15) is 9.59 Å². The lowest BCUT2D eigenvalue weighted by molar-refractivity contribution is 0.0950. The molecule has 154 valence electrons. The summed E-state index contributed by atoms with van der Waals surface area (Å²) < 4.78 is 7.44. The van der Waals surface area contributed by atoms with E-state index in [2.05, 4.69) is 20.9 Å². The lowest BCUT2D eigenvalue weighted by atomic mass is 10.2. The normalized spacial score (nSPS) is 11.4. The molecular weight excluding hydrogens is 380 g/mol. The molecule has 4 aromatic rings. The summed E-state index contributed by atoms with van der Waals surface area (Å²) in [5.74, 6) is 0.467. The summed E-state index contributed by atoms with van der Waals surface area (Å²) in [4.78, 5) is 31.6. The SMILES string of the molecule is CN(C)CCn1c(CCNC(=O)c2cc3ccccc3oc2=O)nc2ccccc21. The number of amides is 1. The summed E-state index contributed by atoms with van der Waals surface area (Å²) >= 11 is 0. The highest BCUT2D eigenvalue weighted by Gasteiger charge is 2.15. The van der Waals surface area contributed by atoms with Gasteiger partial charge < -0.3 is 19.2 Å². The second-order valence-electron chi connectivity index (χ2n) is 7.46. The fourth-order valence-electron chi connectivity index (χ4n) is 3.47. The summed E-state index contributed by atoms with van der Waals surface area (Å²) in [5.41, 5.74) is 1.86. The van der Waals surface area contributed by atoms with Crippen molar-refractivity contribution in [3.05, 3.63) is 76.4 Å². The van der Waals surface area contributed by atoms with E-state index >= 15 is 0 Å². The van der Waals surface area contributed by atoms with Crippen molar-refractivity contribution in [3.63, 3.8) is 0 Å². The quantitative estimate of drug-likeness (QED) is 0.479. The van der Waals surface area contributed by atoms with Gasteiger partial charge in [0.2, 0.25) is 0 Å². The number of imidazole rings is 1. The highest BCUT2D eigenvalue weighted by Crippen LogP contribution is 2.16. The molecule has 0 bridgehead atoms. The van der Waals surface area contributed by atoms with Gasteiger partial charge in [-0.2, -0.15) is 0 Å². The Morgan fingerprint density at radius 3 is 2.73 bits per heavy atom. The Kier molecular flexibility index (Phi) is 5.63. The molecule has 1 N–H and O–H groups in total. The molecule has 0 atom stereocenters. The molecule has 0 unspecified atom stereocenters. The zero-order valence-corrected chi connectivity index (χ0v) is 17.1. The molecule has 0 aliphatic carbocycles. The average Bonchev–Trinajstić information content (AvgIpc) is 3.09. The molecule has 0 saturated heterocycles. The van der Waals surface area contributed by atoms with Crippen LogP contribution in [0.1, 0.15) is 16.2 Å². The van der Waals surface area contributed by atoms with Crippen LogP contribution in [-0.2, 0) is 13.0 Å². The van der Waals surface area contributed by atoms with Gasteiger partial charge >= 0.3 is 5.63 Å². The Morgan fingerprint density at radius 2 is 1.90 bits per heavy atom. The van der Waals surface area contributed by atoms with Gasteiger partial charge in [-0.15, -0.1) is 0 Å². The number of para-hydroxylation sites is 3. The van der Waals surface area contributed by atoms with Gasteiger partial charge in [0, 0.05) is 31.4 Å². The molecule has 2 heterocycles. The Balaban J connectivity index is 1.49. The lowest BCUT2D eigenvalue weighted by Crippen LogP contribution is -2.30. The van der Waals surface area contributed by atoms with Crippen molar-refractivity contribution in [1.82, 2.24) is 19.8 Å². The van der Waals surface area contributed by atoms with Crippen LogP contribution in [0.5, 0.6) is 0 Å². The summed E-state index contributed by atoms with van der Waals surface area (Å²) in [7, 11) is 4.07. The third kappa shape index (κ3) is 4.11. The van der Waals surface area contributed by atoms with E-state index in [-0.39, 0.29) is 5.56 Å². The molecule has 0 spiro atoms. The third-order valence-corrected chi connectivity index (χ3v) is 5.02. The van der Waals surface area contributed by atoms with E-state index in [1.165, 1.54) is 0 Å². The van der Waals surface area contributed by atoms with Gasteiger partial charge in [-0.25, -0.2) is 9.78 Å². The van der Waals surface area contributed by atoms with Crippen LogP contribution in [-0.4, -0.2) is 47.5 Å². The van der Waals surface area contributed by atoms with Crippen molar-refractivity contribution in [2.75, 3.05) is 27.2 Å². The molecule has 1 amide bonds. The minimum atomic E-state index is -0.635. The smallest absolute Gasteiger partial charge is 0.349 e. The van der Waals surface area contributed by atoms with Crippen LogP contribution < -0.4 is 10.9 Å². The average molecular weight is 404 g/mol. The number of hydrogen-bond donors (Lipinski definition) is 1. The molecule has 0 aliphatic rings. The Hall–Kier alpha value is -3.45. The molecule has 0 radical (unpaired) electrons. The first-order chi connectivity index (χ1) is 14.5. The van der Waals surface area contributed by atoms with Crippen molar-refractivity contribution in [3.8, 4) is 0 Å². The Morgan fingerprint density at radius 1 is 1.13 bits per heavy atom. The Labute approximate surface area is 173 Å². The molecular formula is C23H24N4O3. The predicted octanol–water partition coefficient (Wildman–Crippen LogP) is 2.68. The molecule has 7 heteroatoms. The van der Waals surface area contributed by atoms with E-state index in [1.807, 2.05) is 44.4 Å². The van der Waals surface area contributed by atoms with Gasteiger partial charge in [-0.3, -0.25) is 4.79 Å². The van der Waals surface area contributed by atoms with Crippen molar-refractivity contribution >= 4 is 27.9 Å². The highest BCUT2D eigenvalue weighted by atomic mass is 16.4. The number of aromatic nitrogens is 2. The zero-order chi connectivity index (χ0) is 21.1. The fourth-order valence-corrected chi connectivity index (χ4v) is 3.47. The molecule has 4 rings (SSSR count). The maximum absolute atomic E-state index is 12.6. The van der Waals surface area contributed by atoms with Crippen molar-refractivity contribution < 1.29 is 9.21 Å². The number of carbonyl (C=O) groups excluding carboxylic acids is 1. The second kappa shape index (κ2) is 8.51. The number of carbonyl (C=O) groups is 1. The van der Waals surface area contributed by atoms with E-state index in [4.69, 9.17) is 9.40 Å². The summed E-state index contributed by atoms with van der Waals surface area (Å²) in [6, 6.07) is 16.7. The molecule has 2 aromatic heterocycles. The summed E-state index contributed by atoms with van der Waals surface area (Å²) in [6.45, 7) is 2.07. The lowest BCUT2D eigenvalue weighted by Gasteiger charge is -2.13. The van der Waals surface area contributed by atoms with Crippen molar-refractivity contribution in [2.24, 2.45) is 0 Å². The van der Waals surface area contributed by atoms with Crippen LogP contribution in [0.4, 0.5) is 0 Å². The molecule has 7 nitrogen and oxygen atoms in total. The molecule has 0 saturated carbocycles. The Bertz CT molecular complexity index is 1260. The van der Waals surface area contributed by atoms with Crippen LogP contribution >= 0.6 is 0 Å². The van der Waals surface area contributed by atoms with Crippen LogP contribution in [0.2, 0.25) is 0 Å². The first kappa shape index (κ1) is 19.8. The van der Waals surface area contributed by atoms with Crippen molar-refractivity contribution in [1.29, 1.82) is 0 Å². The maximum Gasteiger partial charge on any atom is 0.349 e. The van der Waals surface area contributed by atoms with E-state index in [0.29, 0.717) is 23.9 Å². The number of nitrogens with one attached hydrogen (secondary N) is 1. The summed E-state index contributed by atoms with van der Waals surface area (Å²) in [5, 5.41) is 3.54. The first-order valence-corrected chi connectivity index (χ1v) is 9.93.